The average Bonchev–Trinajstić information content (AvgIpc) is 2.67. The highest BCUT2D eigenvalue weighted by atomic mass is 16.5. The number of fused-ring (bicyclic) bond motifs is 3. The number of pyridine rings is 1. The van der Waals surface area contributed by atoms with Crippen LogP contribution in [0.3, 0.4) is 0 Å². The fraction of sp³-hybridized carbons (Fsp3) is 0.0455. The average molecular weight is 311 g/mol. The molecule has 3 aromatic carbocycles. The van der Waals surface area contributed by atoms with Crippen molar-refractivity contribution in [2.45, 2.75) is 6.42 Å². The van der Waals surface area contributed by atoms with Crippen molar-refractivity contribution in [3.8, 4) is 11.5 Å². The van der Waals surface area contributed by atoms with Gasteiger partial charge in [0.2, 0.25) is 0 Å². The van der Waals surface area contributed by atoms with E-state index in [1.807, 2.05) is 54.7 Å². The fourth-order valence-electron chi connectivity index (χ4n) is 2.84. The van der Waals surface area contributed by atoms with Gasteiger partial charge in [-0.15, -0.1) is 0 Å². The van der Waals surface area contributed by atoms with Crippen molar-refractivity contribution in [2.24, 2.45) is 0 Å². The molecule has 0 atom stereocenters. The van der Waals surface area contributed by atoms with Crippen LogP contribution in [0.1, 0.15) is 11.1 Å². The van der Waals surface area contributed by atoms with Gasteiger partial charge in [-0.1, -0.05) is 60.7 Å². The highest BCUT2D eigenvalue weighted by molar-refractivity contribution is 5.77. The molecule has 0 fully saturated rings. The van der Waals surface area contributed by atoms with Gasteiger partial charge in [-0.05, 0) is 35.4 Å². The Morgan fingerprint density at radius 1 is 0.625 bits per heavy atom. The Kier molecular flexibility index (Phi) is 3.95. The van der Waals surface area contributed by atoms with Crippen molar-refractivity contribution in [3.63, 3.8) is 0 Å². The van der Waals surface area contributed by atoms with E-state index in [9.17, 15) is 0 Å². The first-order valence-corrected chi connectivity index (χ1v) is 8.03. The van der Waals surface area contributed by atoms with Crippen LogP contribution in [0.4, 0.5) is 0 Å². The molecule has 0 saturated carbocycles. The lowest BCUT2D eigenvalue weighted by molar-refractivity contribution is 0.460. The second-order valence-electron chi connectivity index (χ2n) is 5.69. The molecule has 2 heterocycles. The van der Waals surface area contributed by atoms with Crippen molar-refractivity contribution in [2.75, 3.05) is 0 Å². The number of benzene rings is 3. The molecular formula is C22H17NO. The minimum Gasteiger partial charge on any atom is -0.457 e. The Labute approximate surface area is 141 Å². The van der Waals surface area contributed by atoms with Crippen molar-refractivity contribution in [3.05, 3.63) is 102 Å². The number of nitrogens with zero attached hydrogens (tertiary/aromatic N) is 1. The van der Waals surface area contributed by atoms with E-state index >= 15 is 0 Å². The van der Waals surface area contributed by atoms with E-state index < -0.39 is 0 Å². The molecule has 4 aromatic rings. The summed E-state index contributed by atoms with van der Waals surface area (Å²) in [5, 5.41) is 1.20. The first-order valence-electron chi connectivity index (χ1n) is 8.03. The second kappa shape index (κ2) is 6.55. The third-order valence-electron chi connectivity index (χ3n) is 4.06. The van der Waals surface area contributed by atoms with E-state index in [1.54, 1.807) is 0 Å². The van der Waals surface area contributed by atoms with Crippen LogP contribution in [-0.2, 0) is 6.42 Å². The van der Waals surface area contributed by atoms with Gasteiger partial charge < -0.3 is 4.74 Å². The zero-order chi connectivity index (χ0) is 16.2. The Morgan fingerprint density at radius 3 is 1.92 bits per heavy atom. The fourth-order valence-corrected chi connectivity index (χ4v) is 2.84. The monoisotopic (exact) mass is 311 g/mol. The van der Waals surface area contributed by atoms with Crippen molar-refractivity contribution in [1.82, 2.24) is 4.98 Å². The van der Waals surface area contributed by atoms with Crippen LogP contribution in [-0.4, -0.2) is 4.98 Å². The summed E-state index contributed by atoms with van der Waals surface area (Å²) in [5.41, 5.74) is 3.60. The largest absolute Gasteiger partial charge is 0.457 e. The van der Waals surface area contributed by atoms with Crippen LogP contribution in [0, 0.1) is 0 Å². The van der Waals surface area contributed by atoms with Gasteiger partial charge in [-0.2, -0.15) is 0 Å². The molecule has 0 N–H and O–H groups in total. The van der Waals surface area contributed by atoms with Gasteiger partial charge in [-0.25, -0.2) is 0 Å². The molecule has 1 aliphatic rings. The van der Waals surface area contributed by atoms with Gasteiger partial charge in [0.1, 0.15) is 11.5 Å². The molecule has 0 radical (unpaired) electrons. The summed E-state index contributed by atoms with van der Waals surface area (Å²) >= 11 is 0. The molecule has 0 unspecified atom stereocenters. The normalized spacial score (nSPS) is 11.5. The van der Waals surface area contributed by atoms with E-state index in [2.05, 4.69) is 41.4 Å². The summed E-state index contributed by atoms with van der Waals surface area (Å²) in [5.74, 6) is 1.98. The Morgan fingerprint density at radius 2 is 1.21 bits per heavy atom. The first-order chi connectivity index (χ1) is 11.9. The molecule has 2 nitrogen and oxygen atoms in total. The molecule has 116 valence electrons. The summed E-state index contributed by atoms with van der Waals surface area (Å²) < 4.78 is 5.78. The molecule has 1 aromatic heterocycles. The zero-order valence-corrected chi connectivity index (χ0v) is 13.2. The van der Waals surface area contributed by atoms with E-state index in [0.29, 0.717) is 0 Å². The van der Waals surface area contributed by atoms with Gasteiger partial charge in [0, 0.05) is 18.0 Å². The van der Waals surface area contributed by atoms with Crippen molar-refractivity contribution < 1.29 is 4.74 Å². The summed E-state index contributed by atoms with van der Waals surface area (Å²) in [6, 6.07) is 28.5. The molecule has 0 spiro atoms. The Balaban J connectivity index is 0.000000129. The lowest BCUT2D eigenvalue weighted by atomic mass is 10.0. The first kappa shape index (κ1) is 14.5. The molecule has 2 heteroatoms. The summed E-state index contributed by atoms with van der Waals surface area (Å²) in [6.07, 6.45) is 2.79. The topological polar surface area (TPSA) is 22.1 Å². The molecular weight excluding hydrogens is 294 g/mol. The summed E-state index contributed by atoms with van der Waals surface area (Å²) in [7, 11) is 0. The Hall–Kier alpha value is -3.13. The number of aromatic nitrogens is 1. The SMILES string of the molecule is c1ccc2c(c1)Cc1ccccc1O2.c1ccc2ncccc2c1. The zero-order valence-electron chi connectivity index (χ0n) is 13.2. The van der Waals surface area contributed by atoms with E-state index in [0.717, 1.165) is 23.4 Å². The maximum atomic E-state index is 5.78. The third-order valence-corrected chi connectivity index (χ3v) is 4.06. The molecule has 0 amide bonds. The highest BCUT2D eigenvalue weighted by Crippen LogP contribution is 2.35. The minimum absolute atomic E-state index is 0.979. The van der Waals surface area contributed by atoms with Crippen LogP contribution >= 0.6 is 0 Å². The summed E-state index contributed by atoms with van der Waals surface area (Å²) in [6.45, 7) is 0. The molecule has 0 bridgehead atoms. The van der Waals surface area contributed by atoms with Gasteiger partial charge in [0.15, 0.2) is 0 Å². The van der Waals surface area contributed by atoms with Gasteiger partial charge in [-0.3, -0.25) is 4.98 Å². The van der Waals surface area contributed by atoms with Crippen LogP contribution in [0.5, 0.6) is 11.5 Å². The number of para-hydroxylation sites is 3. The van der Waals surface area contributed by atoms with E-state index in [1.165, 1.54) is 16.5 Å². The highest BCUT2D eigenvalue weighted by Gasteiger charge is 2.14. The van der Waals surface area contributed by atoms with E-state index in [-0.39, 0.29) is 0 Å². The summed E-state index contributed by atoms with van der Waals surface area (Å²) in [4.78, 5) is 4.18. The molecule has 5 rings (SSSR count). The predicted octanol–water partition coefficient (Wildman–Crippen LogP) is 5.62. The maximum absolute atomic E-state index is 5.78. The van der Waals surface area contributed by atoms with Crippen LogP contribution in [0.2, 0.25) is 0 Å². The Bertz CT molecular complexity index is 825. The van der Waals surface area contributed by atoms with Gasteiger partial charge in [0.05, 0.1) is 5.52 Å². The third kappa shape index (κ3) is 2.99. The molecule has 24 heavy (non-hydrogen) atoms. The van der Waals surface area contributed by atoms with Crippen molar-refractivity contribution >= 4 is 10.9 Å². The number of hydrogen-bond acceptors (Lipinski definition) is 2. The van der Waals surface area contributed by atoms with Crippen LogP contribution < -0.4 is 4.74 Å². The number of hydrogen-bond donors (Lipinski definition) is 0. The van der Waals surface area contributed by atoms with E-state index in [4.69, 9.17) is 4.74 Å². The van der Waals surface area contributed by atoms with Crippen LogP contribution in [0.15, 0.2) is 91.1 Å². The smallest absolute Gasteiger partial charge is 0.130 e. The number of ether oxygens (including phenoxy) is 1. The van der Waals surface area contributed by atoms with Gasteiger partial charge in [0.25, 0.3) is 0 Å². The quantitative estimate of drug-likeness (QED) is 0.370. The second-order valence-corrected chi connectivity index (χ2v) is 5.69. The van der Waals surface area contributed by atoms with Gasteiger partial charge >= 0.3 is 0 Å². The van der Waals surface area contributed by atoms with Crippen LogP contribution in [0.25, 0.3) is 10.9 Å². The molecule has 0 saturated heterocycles. The minimum atomic E-state index is 0.979. The lowest BCUT2D eigenvalue weighted by Crippen LogP contribution is -2.01. The standard InChI is InChI=1S/C13H10O.C9H7N/c1-3-7-12-10(5-1)9-11-6-2-4-8-13(11)14-12;1-2-6-9-8(4-1)5-3-7-10-9/h1-8H,9H2;1-7H. The predicted molar refractivity (Wildman–Crippen MR) is 97.5 cm³/mol. The molecule has 1 aliphatic heterocycles. The lowest BCUT2D eigenvalue weighted by Gasteiger charge is -2.19. The number of rotatable bonds is 0. The maximum Gasteiger partial charge on any atom is 0.130 e. The molecule has 0 aliphatic carbocycles. The van der Waals surface area contributed by atoms with Crippen molar-refractivity contribution in [1.29, 1.82) is 0 Å².